The minimum absolute atomic E-state index is 0.0389. The highest BCUT2D eigenvalue weighted by molar-refractivity contribution is 6.00. The summed E-state index contributed by atoms with van der Waals surface area (Å²) in [6.45, 7) is -0.0755. The van der Waals surface area contributed by atoms with Crippen LogP contribution in [0, 0.1) is 0 Å². The first-order valence-electron chi connectivity index (χ1n) is 6.84. The maximum atomic E-state index is 12.6. The van der Waals surface area contributed by atoms with Gasteiger partial charge in [-0.25, -0.2) is 4.79 Å². The van der Waals surface area contributed by atoms with E-state index in [1.807, 2.05) is 0 Å². The minimum atomic E-state index is -4.47. The number of hydrogen-bond donors (Lipinski definition) is 3. The molecule has 0 saturated heterocycles. The number of carbonyl (C=O) groups excluding carboxylic acids is 1. The fraction of sp³-hybridized carbons (Fsp3) is 0.188. The van der Waals surface area contributed by atoms with Crippen LogP contribution in [-0.2, 0) is 12.6 Å². The lowest BCUT2D eigenvalue weighted by atomic mass is 10.1. The van der Waals surface area contributed by atoms with E-state index >= 15 is 0 Å². The topological polar surface area (TPSA) is 61.4 Å². The molecule has 2 rings (SSSR count). The highest BCUT2D eigenvalue weighted by Gasteiger charge is 2.30. The molecule has 122 valence electrons. The molecule has 0 spiro atoms. The van der Waals surface area contributed by atoms with Crippen molar-refractivity contribution in [3.05, 3.63) is 59.7 Å². The lowest BCUT2D eigenvalue weighted by Crippen LogP contribution is -2.20. The van der Waals surface area contributed by atoms with Gasteiger partial charge in [0.1, 0.15) is 0 Å². The molecule has 0 radical (unpaired) electrons. The Balaban J connectivity index is 2.09. The summed E-state index contributed by atoms with van der Waals surface area (Å²) in [7, 11) is 0. The van der Waals surface area contributed by atoms with Crippen LogP contribution in [0.5, 0.6) is 0 Å². The molecule has 0 fully saturated rings. The molecule has 0 aliphatic carbocycles. The number of rotatable bonds is 4. The van der Waals surface area contributed by atoms with Gasteiger partial charge in [0.2, 0.25) is 0 Å². The highest BCUT2D eigenvalue weighted by atomic mass is 19.4. The summed E-state index contributed by atoms with van der Waals surface area (Å²) in [6, 6.07) is 10.6. The molecule has 4 nitrogen and oxygen atoms in total. The molecule has 0 aliphatic heterocycles. The van der Waals surface area contributed by atoms with E-state index in [9.17, 15) is 18.0 Å². The van der Waals surface area contributed by atoms with Crippen molar-refractivity contribution in [3.63, 3.8) is 0 Å². The second-order valence-electron chi connectivity index (χ2n) is 4.79. The first kappa shape index (κ1) is 16.8. The van der Waals surface area contributed by atoms with E-state index in [1.165, 1.54) is 12.1 Å². The van der Waals surface area contributed by atoms with Gasteiger partial charge in [0.05, 0.1) is 5.56 Å². The van der Waals surface area contributed by atoms with Crippen LogP contribution in [0.4, 0.5) is 29.3 Å². The average Bonchev–Trinajstić information content (AvgIpc) is 2.49. The van der Waals surface area contributed by atoms with Crippen molar-refractivity contribution in [1.82, 2.24) is 0 Å². The summed E-state index contributed by atoms with van der Waals surface area (Å²) < 4.78 is 37.9. The highest BCUT2D eigenvalue weighted by Crippen LogP contribution is 2.30. The van der Waals surface area contributed by atoms with Crippen molar-refractivity contribution < 1.29 is 23.1 Å². The summed E-state index contributed by atoms with van der Waals surface area (Å²) in [5.41, 5.74) is 0.424. The zero-order valence-corrected chi connectivity index (χ0v) is 12.0. The fourth-order valence-electron chi connectivity index (χ4n) is 2.04. The predicted molar refractivity (Wildman–Crippen MR) is 81.3 cm³/mol. The third-order valence-corrected chi connectivity index (χ3v) is 3.09. The maximum Gasteiger partial charge on any atom is 0.416 e. The van der Waals surface area contributed by atoms with E-state index < -0.39 is 17.8 Å². The number of anilines is 2. The number of amides is 2. The standard InChI is InChI=1S/C16H15F3N2O2/c17-16(18,19)12-5-3-6-13(10-12)20-15(23)21-14-7-2-1-4-11(14)8-9-22/h1-7,10,22H,8-9H2,(H2,20,21,23). The molecular formula is C16H15F3N2O2. The molecule has 0 aromatic heterocycles. The number of aliphatic hydroxyl groups excluding tert-OH is 1. The van der Waals surface area contributed by atoms with Crippen molar-refractivity contribution in [2.75, 3.05) is 17.2 Å². The number of alkyl halides is 3. The number of carbonyl (C=O) groups is 1. The van der Waals surface area contributed by atoms with Crippen LogP contribution in [0.1, 0.15) is 11.1 Å². The molecule has 0 saturated carbocycles. The monoisotopic (exact) mass is 324 g/mol. The predicted octanol–water partition coefficient (Wildman–Crippen LogP) is 3.88. The Morgan fingerprint density at radius 2 is 1.78 bits per heavy atom. The van der Waals surface area contributed by atoms with Crippen LogP contribution in [0.3, 0.4) is 0 Å². The van der Waals surface area contributed by atoms with E-state index in [4.69, 9.17) is 5.11 Å². The Morgan fingerprint density at radius 3 is 2.48 bits per heavy atom. The van der Waals surface area contributed by atoms with Gasteiger partial charge < -0.3 is 15.7 Å². The minimum Gasteiger partial charge on any atom is -0.396 e. The number of hydrogen-bond acceptors (Lipinski definition) is 2. The first-order chi connectivity index (χ1) is 10.9. The van der Waals surface area contributed by atoms with Gasteiger partial charge in [0.15, 0.2) is 0 Å². The Hall–Kier alpha value is -2.54. The molecular weight excluding hydrogens is 309 g/mol. The lowest BCUT2D eigenvalue weighted by molar-refractivity contribution is -0.137. The zero-order valence-electron chi connectivity index (χ0n) is 12.0. The molecule has 23 heavy (non-hydrogen) atoms. The molecule has 0 unspecified atom stereocenters. The van der Waals surface area contributed by atoms with E-state index in [0.717, 1.165) is 17.7 Å². The van der Waals surface area contributed by atoms with Gasteiger partial charge in [0.25, 0.3) is 0 Å². The number of nitrogens with one attached hydrogen (secondary N) is 2. The average molecular weight is 324 g/mol. The van der Waals surface area contributed by atoms with Crippen molar-refractivity contribution in [2.45, 2.75) is 12.6 Å². The Bertz CT molecular complexity index is 687. The van der Waals surface area contributed by atoms with Crippen LogP contribution in [0.25, 0.3) is 0 Å². The summed E-state index contributed by atoms with van der Waals surface area (Å²) in [6.07, 6.45) is -4.11. The summed E-state index contributed by atoms with van der Waals surface area (Å²) in [5, 5.41) is 13.9. The fourth-order valence-corrected chi connectivity index (χ4v) is 2.04. The molecule has 0 aliphatic rings. The summed E-state index contributed by atoms with van der Waals surface area (Å²) in [4.78, 5) is 11.9. The number of para-hydroxylation sites is 1. The van der Waals surface area contributed by atoms with E-state index in [2.05, 4.69) is 10.6 Å². The second kappa shape index (κ2) is 7.15. The Labute approximate surface area is 131 Å². The largest absolute Gasteiger partial charge is 0.416 e. The summed E-state index contributed by atoms with van der Waals surface area (Å²) in [5.74, 6) is 0. The number of benzene rings is 2. The molecule has 2 amide bonds. The van der Waals surface area contributed by atoms with Gasteiger partial charge in [0, 0.05) is 18.0 Å². The quantitative estimate of drug-likeness (QED) is 0.799. The molecule has 2 aromatic rings. The SMILES string of the molecule is O=C(Nc1cccc(C(F)(F)F)c1)Nc1ccccc1CCO. The van der Waals surface area contributed by atoms with Crippen LogP contribution < -0.4 is 10.6 Å². The molecule has 0 bridgehead atoms. The van der Waals surface area contributed by atoms with E-state index in [-0.39, 0.29) is 12.3 Å². The van der Waals surface area contributed by atoms with Gasteiger partial charge in [-0.1, -0.05) is 24.3 Å². The third-order valence-electron chi connectivity index (χ3n) is 3.09. The smallest absolute Gasteiger partial charge is 0.396 e. The molecule has 7 heteroatoms. The third kappa shape index (κ3) is 4.72. The number of halogens is 3. The van der Waals surface area contributed by atoms with Gasteiger partial charge in [-0.05, 0) is 36.2 Å². The van der Waals surface area contributed by atoms with Crippen LogP contribution >= 0.6 is 0 Å². The van der Waals surface area contributed by atoms with Crippen molar-refractivity contribution in [1.29, 1.82) is 0 Å². The maximum absolute atomic E-state index is 12.6. The molecule has 0 heterocycles. The van der Waals surface area contributed by atoms with Crippen LogP contribution in [0.2, 0.25) is 0 Å². The summed E-state index contributed by atoms with van der Waals surface area (Å²) >= 11 is 0. The zero-order chi connectivity index (χ0) is 16.9. The Morgan fingerprint density at radius 1 is 1.04 bits per heavy atom. The van der Waals surface area contributed by atoms with Gasteiger partial charge in [-0.3, -0.25) is 0 Å². The van der Waals surface area contributed by atoms with Gasteiger partial charge in [-0.15, -0.1) is 0 Å². The lowest BCUT2D eigenvalue weighted by Gasteiger charge is -2.12. The van der Waals surface area contributed by atoms with Crippen molar-refractivity contribution >= 4 is 17.4 Å². The first-order valence-corrected chi connectivity index (χ1v) is 6.84. The molecule has 3 N–H and O–H groups in total. The number of urea groups is 1. The van der Waals surface area contributed by atoms with E-state index in [0.29, 0.717) is 12.1 Å². The van der Waals surface area contributed by atoms with Gasteiger partial charge in [-0.2, -0.15) is 13.2 Å². The normalized spacial score (nSPS) is 11.1. The van der Waals surface area contributed by atoms with Crippen LogP contribution in [0.15, 0.2) is 48.5 Å². The van der Waals surface area contributed by atoms with Gasteiger partial charge >= 0.3 is 12.2 Å². The van der Waals surface area contributed by atoms with Crippen molar-refractivity contribution in [2.24, 2.45) is 0 Å². The van der Waals surface area contributed by atoms with Crippen molar-refractivity contribution in [3.8, 4) is 0 Å². The second-order valence-corrected chi connectivity index (χ2v) is 4.79. The Kier molecular flexibility index (Phi) is 5.23. The van der Waals surface area contributed by atoms with Crippen LogP contribution in [-0.4, -0.2) is 17.7 Å². The van der Waals surface area contributed by atoms with E-state index in [1.54, 1.807) is 24.3 Å². The molecule has 0 atom stereocenters. The number of aliphatic hydroxyl groups is 1. The molecule has 2 aromatic carbocycles.